The fourth-order valence-electron chi connectivity index (χ4n) is 11.7. The fraction of sp³-hybridized carbons (Fsp3) is 0.849. The summed E-state index contributed by atoms with van der Waals surface area (Å²) in [7, 11) is 10.6. The third-order valence-electron chi connectivity index (χ3n) is 16.2. The fourth-order valence-corrected chi connectivity index (χ4v) is 11.7. The van der Waals surface area contributed by atoms with Crippen molar-refractivity contribution < 1.29 is 77.4 Å². The first-order valence-corrected chi connectivity index (χ1v) is 25.7. The number of esters is 1. The van der Waals surface area contributed by atoms with Crippen molar-refractivity contribution in [1.82, 2.24) is 9.80 Å². The van der Waals surface area contributed by atoms with E-state index in [1.165, 1.54) is 14.0 Å². The van der Waals surface area contributed by atoms with E-state index in [9.17, 15) is 30.0 Å². The normalized spacial score (nSPS) is 45.7. The van der Waals surface area contributed by atoms with Crippen molar-refractivity contribution in [3.63, 3.8) is 0 Å². The van der Waals surface area contributed by atoms with Crippen LogP contribution in [-0.2, 0) is 63.6 Å². The maximum atomic E-state index is 14.6. The van der Waals surface area contributed by atoms with Crippen LogP contribution in [0.4, 0.5) is 0 Å². The van der Waals surface area contributed by atoms with Gasteiger partial charge in [0, 0.05) is 44.4 Å². The summed E-state index contributed by atoms with van der Waals surface area (Å²) in [6, 6.07) is 8.99. The number of ether oxygens (including phenoxy) is 10. The highest BCUT2D eigenvalue weighted by Crippen LogP contribution is 2.43. The molecule has 18 nitrogen and oxygen atoms in total. The van der Waals surface area contributed by atoms with Crippen LogP contribution in [-0.4, -0.2) is 199 Å². The number of rotatable bonds is 14. The molecule has 408 valence electrons. The van der Waals surface area contributed by atoms with Gasteiger partial charge < -0.3 is 77.6 Å². The average Bonchev–Trinajstić information content (AvgIpc) is 3.32. The molecular weight excluding hydrogens is 921 g/mol. The molecule has 1 aromatic rings. The highest BCUT2D eigenvalue weighted by Gasteiger charge is 2.56. The number of hydrogen-bond acceptors (Lipinski definition) is 18. The first-order valence-electron chi connectivity index (χ1n) is 25.7. The number of carbonyl (C=O) groups excluding carboxylic acids is 2. The Morgan fingerprint density at radius 1 is 0.718 bits per heavy atom. The maximum absolute atomic E-state index is 14.6. The largest absolute Gasteiger partial charge is 0.459 e. The van der Waals surface area contributed by atoms with Crippen molar-refractivity contribution in [2.24, 2.45) is 23.7 Å². The van der Waals surface area contributed by atoms with Crippen LogP contribution in [0, 0.1) is 23.7 Å². The minimum atomic E-state index is -2.01. The van der Waals surface area contributed by atoms with E-state index in [4.69, 9.17) is 47.4 Å². The Kier molecular flexibility index (Phi) is 20.7. The topological polar surface area (TPSA) is 214 Å². The van der Waals surface area contributed by atoms with Gasteiger partial charge >= 0.3 is 5.97 Å². The summed E-state index contributed by atoms with van der Waals surface area (Å²) in [5.41, 5.74) is -3.44. The van der Waals surface area contributed by atoms with Crippen LogP contribution >= 0.6 is 0 Å². The number of likely N-dealkylation sites (N-methyl/N-ethyl adjacent to an activating group) is 2. The minimum absolute atomic E-state index is 0.0782. The Morgan fingerprint density at radius 2 is 1.31 bits per heavy atom. The van der Waals surface area contributed by atoms with Gasteiger partial charge in [-0.25, -0.2) is 0 Å². The molecule has 0 aliphatic carbocycles. The summed E-state index contributed by atoms with van der Waals surface area (Å²) in [6.07, 6.45) is -12.4. The molecule has 18 heteroatoms. The molecule has 5 rings (SSSR count). The molecule has 0 amide bonds. The molecule has 4 fully saturated rings. The second-order valence-electron chi connectivity index (χ2n) is 22.2. The van der Waals surface area contributed by atoms with Gasteiger partial charge in [-0.3, -0.25) is 9.59 Å². The van der Waals surface area contributed by atoms with E-state index < -0.39 is 132 Å². The number of hydrogen-bond donors (Lipinski definition) is 4. The van der Waals surface area contributed by atoms with Crippen LogP contribution in [0.25, 0.3) is 0 Å². The SMILES string of the molecule is CC[C@H]1OC(=O)[C@H](C)[C@@H](O[C@H]2C[C@@](C)(OC)[C@@H](O[C@@H]3O[C@H](C)[C@@H](OCc4ccccc4)[C@H](N(C)C)[C@H]3O)[C@H](C)O2)[C@H](C)[C@@H](O[C@@H]2O[C@H](C)C[C@H](N(C)C)[C@H]2O)[C@@](C)(OC)C[C@@H](C)C(=O)[C@H](C)[C@@H](O)[C@]1(C)O. The Hall–Kier alpha value is -2.24. The molecule has 71 heavy (non-hydrogen) atoms. The third kappa shape index (κ3) is 13.2. The Bertz CT molecular complexity index is 1840. The summed E-state index contributed by atoms with van der Waals surface area (Å²) in [4.78, 5) is 32.7. The molecule has 0 aromatic heterocycles. The van der Waals surface area contributed by atoms with Gasteiger partial charge in [0.1, 0.15) is 41.9 Å². The van der Waals surface area contributed by atoms with Gasteiger partial charge in [-0.2, -0.15) is 0 Å². The van der Waals surface area contributed by atoms with E-state index in [0.717, 1.165) is 5.56 Å². The molecule has 0 spiro atoms. The zero-order chi connectivity index (χ0) is 53.1. The number of cyclic esters (lactones) is 1. The molecule has 4 aliphatic heterocycles. The molecule has 1 aromatic carbocycles. The highest BCUT2D eigenvalue weighted by atomic mass is 16.7. The van der Waals surface area contributed by atoms with Crippen LogP contribution in [0.5, 0.6) is 0 Å². The molecular formula is C53H90N2O16. The summed E-state index contributed by atoms with van der Waals surface area (Å²) in [5.74, 6) is -4.71. The number of aliphatic hydroxyl groups is 4. The third-order valence-corrected chi connectivity index (χ3v) is 16.2. The maximum Gasteiger partial charge on any atom is 0.311 e. The van der Waals surface area contributed by atoms with Crippen LogP contribution in [0.3, 0.4) is 0 Å². The number of nitrogens with zero attached hydrogens (tertiary/aromatic N) is 2. The van der Waals surface area contributed by atoms with E-state index in [1.54, 1.807) is 41.7 Å². The highest BCUT2D eigenvalue weighted by molar-refractivity contribution is 5.83. The Labute approximate surface area is 423 Å². The first kappa shape index (κ1) is 59.6. The lowest BCUT2D eigenvalue weighted by Gasteiger charge is -2.52. The molecule has 4 heterocycles. The minimum Gasteiger partial charge on any atom is -0.459 e. The Balaban J connectivity index is 1.51. The van der Waals surface area contributed by atoms with Crippen LogP contribution in [0.2, 0.25) is 0 Å². The number of benzene rings is 1. The van der Waals surface area contributed by atoms with Gasteiger partial charge in [0.25, 0.3) is 0 Å². The monoisotopic (exact) mass is 1010 g/mol. The smallest absolute Gasteiger partial charge is 0.311 e. The standard InChI is InChI=1S/C53H90N2O16/c1-18-37-53(11,61)45(59)30(4)40(56)28(2)25-51(9,62-16)46(70-49-41(57)36(54(12)13)24-29(3)65-49)31(5)43(32(6)48(60)68-37)69-38-26-52(10,63-17)47(34(8)66-38)71-50-42(58)39(55(14)15)44(33(7)67-50)64-27-35-22-20-19-21-23-35/h19-23,28-34,36-39,41-47,49-50,57-59,61H,18,24-27H2,1-17H3/t28-,29-,30+,31+,32-,33-,34+,36+,37-,38+,39-,41-,42-,43+,44-,45-,46-,47+,49+,50+,51+,52-,53-/m1/s1. The van der Waals surface area contributed by atoms with Gasteiger partial charge in [0.2, 0.25) is 0 Å². The predicted molar refractivity (Wildman–Crippen MR) is 263 cm³/mol. The predicted octanol–water partition coefficient (Wildman–Crippen LogP) is 4.09. The van der Waals surface area contributed by atoms with E-state index in [0.29, 0.717) is 13.0 Å². The van der Waals surface area contributed by atoms with Crippen molar-refractivity contribution in [2.45, 2.75) is 223 Å². The number of aliphatic hydroxyl groups excluding tert-OH is 3. The van der Waals surface area contributed by atoms with E-state index >= 15 is 0 Å². The van der Waals surface area contributed by atoms with Crippen LogP contribution < -0.4 is 0 Å². The second kappa shape index (κ2) is 24.6. The van der Waals surface area contributed by atoms with Crippen molar-refractivity contribution in [3.05, 3.63) is 35.9 Å². The van der Waals surface area contributed by atoms with Gasteiger partial charge in [-0.05, 0) is 101 Å². The van der Waals surface area contributed by atoms with Gasteiger partial charge in [-0.15, -0.1) is 0 Å². The number of ketones is 1. The van der Waals surface area contributed by atoms with Crippen molar-refractivity contribution in [2.75, 3.05) is 42.4 Å². The summed E-state index contributed by atoms with van der Waals surface area (Å²) >= 11 is 0. The molecule has 4 aliphatic rings. The number of Topliss-reactive ketones (excluding diaryl/α,β-unsaturated/α-hetero) is 1. The van der Waals surface area contributed by atoms with Gasteiger partial charge in [-0.1, -0.05) is 58.0 Å². The molecule has 23 atom stereocenters. The molecule has 0 saturated carbocycles. The number of methoxy groups -OCH3 is 2. The first-order chi connectivity index (χ1) is 33.2. The molecule has 4 N–H and O–H groups in total. The van der Waals surface area contributed by atoms with E-state index in [2.05, 4.69) is 0 Å². The van der Waals surface area contributed by atoms with Crippen molar-refractivity contribution in [1.29, 1.82) is 0 Å². The van der Waals surface area contributed by atoms with Crippen LogP contribution in [0.15, 0.2) is 30.3 Å². The number of carbonyl (C=O) groups is 2. The van der Waals surface area contributed by atoms with Gasteiger partial charge in [0.15, 0.2) is 18.9 Å². The van der Waals surface area contributed by atoms with Crippen molar-refractivity contribution in [3.8, 4) is 0 Å². The second-order valence-corrected chi connectivity index (χ2v) is 22.2. The summed E-state index contributed by atoms with van der Waals surface area (Å²) in [5, 5.41) is 47.3. The van der Waals surface area contributed by atoms with Crippen molar-refractivity contribution >= 4 is 11.8 Å². The Morgan fingerprint density at radius 3 is 1.89 bits per heavy atom. The van der Waals surface area contributed by atoms with Gasteiger partial charge in [0.05, 0.1) is 66.4 Å². The molecule has 0 bridgehead atoms. The molecule has 0 unspecified atom stereocenters. The quantitative estimate of drug-likeness (QED) is 0.193. The van der Waals surface area contributed by atoms with E-state index in [-0.39, 0.29) is 37.2 Å². The lowest BCUT2D eigenvalue weighted by molar-refractivity contribution is -0.357. The average molecular weight is 1010 g/mol. The lowest BCUT2D eigenvalue weighted by Crippen LogP contribution is -2.66. The summed E-state index contributed by atoms with van der Waals surface area (Å²) < 4.78 is 65.3. The zero-order valence-electron chi connectivity index (χ0n) is 45.6. The van der Waals surface area contributed by atoms with Crippen LogP contribution in [0.1, 0.15) is 107 Å². The molecule has 4 saturated heterocycles. The van der Waals surface area contributed by atoms with E-state index in [1.807, 2.05) is 103 Å². The molecule has 0 radical (unpaired) electrons. The summed E-state index contributed by atoms with van der Waals surface area (Å²) in [6.45, 7) is 19.5. The lowest BCUT2D eigenvalue weighted by atomic mass is 9.74. The zero-order valence-corrected chi connectivity index (χ0v) is 45.6.